The van der Waals surface area contributed by atoms with Gasteiger partial charge in [0.05, 0.1) is 0 Å². The molecule has 0 amide bonds. The van der Waals surface area contributed by atoms with Crippen LogP contribution in [0.25, 0.3) is 0 Å². The van der Waals surface area contributed by atoms with E-state index >= 15 is 0 Å². The van der Waals surface area contributed by atoms with E-state index in [0.29, 0.717) is 5.92 Å². The lowest BCUT2D eigenvalue weighted by Crippen LogP contribution is -2.32. The molecule has 1 aromatic rings. The third-order valence-electron chi connectivity index (χ3n) is 4.36. The third kappa shape index (κ3) is 2.41. The van der Waals surface area contributed by atoms with Gasteiger partial charge in [0, 0.05) is 6.04 Å². The molecule has 1 nitrogen and oxygen atoms in total. The number of hydrogen-bond acceptors (Lipinski definition) is 1. The molecule has 0 bridgehead atoms. The van der Waals surface area contributed by atoms with Gasteiger partial charge in [0.2, 0.25) is 0 Å². The standard InChI is InChI=1S/C15H21F2N/c1-15(2)8-4-5-11(15)14(18-3)10-6-7-12(16)13(17)9-10/h6-7,9,11,14,18H,4-5,8H2,1-3H3. The topological polar surface area (TPSA) is 12.0 Å². The van der Waals surface area contributed by atoms with Crippen LogP contribution in [0, 0.1) is 23.0 Å². The molecule has 2 unspecified atom stereocenters. The van der Waals surface area contributed by atoms with Gasteiger partial charge in [-0.1, -0.05) is 26.3 Å². The number of hydrogen-bond donors (Lipinski definition) is 1. The lowest BCUT2D eigenvalue weighted by atomic mass is 9.75. The van der Waals surface area contributed by atoms with Crippen LogP contribution in [0.1, 0.15) is 44.7 Å². The molecule has 0 heterocycles. The molecule has 1 aliphatic carbocycles. The number of rotatable bonds is 3. The lowest BCUT2D eigenvalue weighted by Gasteiger charge is -2.34. The lowest BCUT2D eigenvalue weighted by molar-refractivity contribution is 0.203. The van der Waals surface area contributed by atoms with Gasteiger partial charge in [-0.25, -0.2) is 8.78 Å². The highest BCUT2D eigenvalue weighted by Gasteiger charge is 2.39. The summed E-state index contributed by atoms with van der Waals surface area (Å²) >= 11 is 0. The summed E-state index contributed by atoms with van der Waals surface area (Å²) in [6.45, 7) is 4.52. The first-order valence-electron chi connectivity index (χ1n) is 6.58. The van der Waals surface area contributed by atoms with E-state index in [-0.39, 0.29) is 11.5 Å². The molecule has 1 N–H and O–H groups in total. The Hall–Kier alpha value is -0.960. The van der Waals surface area contributed by atoms with Gasteiger partial charge >= 0.3 is 0 Å². The van der Waals surface area contributed by atoms with E-state index < -0.39 is 11.6 Å². The Balaban J connectivity index is 2.30. The molecule has 1 saturated carbocycles. The van der Waals surface area contributed by atoms with E-state index in [1.165, 1.54) is 25.0 Å². The van der Waals surface area contributed by atoms with Crippen molar-refractivity contribution in [2.45, 2.75) is 39.2 Å². The van der Waals surface area contributed by atoms with Gasteiger partial charge in [-0.05, 0) is 48.9 Å². The van der Waals surface area contributed by atoms with Gasteiger partial charge in [-0.3, -0.25) is 0 Å². The highest BCUT2D eigenvalue weighted by atomic mass is 19.2. The fraction of sp³-hybridized carbons (Fsp3) is 0.600. The smallest absolute Gasteiger partial charge is 0.159 e. The normalized spacial score (nSPS) is 24.2. The average Bonchev–Trinajstić information content (AvgIpc) is 2.65. The molecule has 0 spiro atoms. The second-order valence-electron chi connectivity index (χ2n) is 5.93. The highest BCUT2D eigenvalue weighted by Crippen LogP contribution is 2.48. The summed E-state index contributed by atoms with van der Waals surface area (Å²) in [5.41, 5.74) is 1.09. The first kappa shape index (κ1) is 13.5. The Labute approximate surface area is 108 Å². The first-order valence-corrected chi connectivity index (χ1v) is 6.58. The van der Waals surface area contributed by atoms with Crippen molar-refractivity contribution >= 4 is 0 Å². The van der Waals surface area contributed by atoms with E-state index in [0.717, 1.165) is 12.0 Å². The maximum atomic E-state index is 13.4. The zero-order valence-corrected chi connectivity index (χ0v) is 11.3. The molecule has 2 rings (SSSR count). The Morgan fingerprint density at radius 2 is 2.00 bits per heavy atom. The van der Waals surface area contributed by atoms with Crippen LogP contribution < -0.4 is 5.32 Å². The minimum atomic E-state index is -0.778. The van der Waals surface area contributed by atoms with Crippen LogP contribution in [0.4, 0.5) is 8.78 Å². The molecule has 1 aliphatic rings. The molecule has 3 heteroatoms. The van der Waals surface area contributed by atoms with Crippen LogP contribution in [-0.2, 0) is 0 Å². The van der Waals surface area contributed by atoms with Gasteiger partial charge in [0.1, 0.15) is 0 Å². The quantitative estimate of drug-likeness (QED) is 0.857. The molecular weight excluding hydrogens is 232 g/mol. The van der Waals surface area contributed by atoms with Crippen LogP contribution in [0.5, 0.6) is 0 Å². The monoisotopic (exact) mass is 253 g/mol. The predicted octanol–water partition coefficient (Wildman–Crippen LogP) is 4.05. The van der Waals surface area contributed by atoms with E-state index in [1.807, 2.05) is 7.05 Å². The first-order chi connectivity index (χ1) is 8.45. The third-order valence-corrected chi connectivity index (χ3v) is 4.36. The van der Waals surface area contributed by atoms with Crippen molar-refractivity contribution < 1.29 is 8.78 Å². The largest absolute Gasteiger partial charge is 0.313 e. The SMILES string of the molecule is CNC(c1ccc(F)c(F)c1)C1CCCC1(C)C. The minimum absolute atomic E-state index is 0.0950. The average molecular weight is 253 g/mol. The van der Waals surface area contributed by atoms with Crippen LogP contribution in [0.3, 0.4) is 0 Å². The van der Waals surface area contributed by atoms with Crippen LogP contribution >= 0.6 is 0 Å². The van der Waals surface area contributed by atoms with Crippen molar-refractivity contribution in [3.8, 4) is 0 Å². The van der Waals surface area contributed by atoms with Crippen molar-refractivity contribution in [2.75, 3.05) is 7.05 Å². The molecule has 18 heavy (non-hydrogen) atoms. The molecule has 2 atom stereocenters. The summed E-state index contributed by atoms with van der Waals surface area (Å²) in [4.78, 5) is 0. The molecule has 0 radical (unpaired) electrons. The van der Waals surface area contributed by atoms with Gasteiger partial charge < -0.3 is 5.32 Å². The summed E-state index contributed by atoms with van der Waals surface area (Å²) in [5.74, 6) is -1.07. The Morgan fingerprint density at radius 3 is 2.50 bits per heavy atom. The Kier molecular flexibility index (Phi) is 3.71. The Morgan fingerprint density at radius 1 is 1.28 bits per heavy atom. The van der Waals surface area contributed by atoms with Crippen LogP contribution in [0.15, 0.2) is 18.2 Å². The van der Waals surface area contributed by atoms with E-state index in [4.69, 9.17) is 0 Å². The van der Waals surface area contributed by atoms with Crippen molar-refractivity contribution in [1.29, 1.82) is 0 Å². The summed E-state index contributed by atoms with van der Waals surface area (Å²) in [6.07, 6.45) is 3.54. The van der Waals surface area contributed by atoms with Crippen molar-refractivity contribution in [3.05, 3.63) is 35.4 Å². The molecule has 0 saturated heterocycles. The van der Waals surface area contributed by atoms with Gasteiger partial charge in [0.25, 0.3) is 0 Å². The van der Waals surface area contributed by atoms with Crippen LogP contribution in [0.2, 0.25) is 0 Å². The predicted molar refractivity (Wildman–Crippen MR) is 69.3 cm³/mol. The van der Waals surface area contributed by atoms with Gasteiger partial charge in [-0.2, -0.15) is 0 Å². The summed E-state index contributed by atoms with van der Waals surface area (Å²) in [6, 6.07) is 4.33. The molecule has 1 aromatic carbocycles. The van der Waals surface area contributed by atoms with E-state index in [1.54, 1.807) is 6.07 Å². The minimum Gasteiger partial charge on any atom is -0.313 e. The van der Waals surface area contributed by atoms with Crippen molar-refractivity contribution in [2.24, 2.45) is 11.3 Å². The van der Waals surface area contributed by atoms with E-state index in [2.05, 4.69) is 19.2 Å². The van der Waals surface area contributed by atoms with Gasteiger partial charge in [0.15, 0.2) is 11.6 Å². The zero-order valence-electron chi connectivity index (χ0n) is 11.3. The van der Waals surface area contributed by atoms with E-state index in [9.17, 15) is 8.78 Å². The maximum absolute atomic E-state index is 13.4. The highest BCUT2D eigenvalue weighted by molar-refractivity contribution is 5.23. The summed E-state index contributed by atoms with van der Waals surface area (Å²) < 4.78 is 26.4. The van der Waals surface area contributed by atoms with Crippen LogP contribution in [-0.4, -0.2) is 7.05 Å². The number of benzene rings is 1. The van der Waals surface area contributed by atoms with Crippen molar-refractivity contribution in [1.82, 2.24) is 5.32 Å². The second kappa shape index (κ2) is 4.96. The maximum Gasteiger partial charge on any atom is 0.159 e. The van der Waals surface area contributed by atoms with Gasteiger partial charge in [-0.15, -0.1) is 0 Å². The fourth-order valence-electron chi connectivity index (χ4n) is 3.28. The number of halogens is 2. The second-order valence-corrected chi connectivity index (χ2v) is 5.93. The fourth-order valence-corrected chi connectivity index (χ4v) is 3.28. The summed E-state index contributed by atoms with van der Waals surface area (Å²) in [5, 5.41) is 3.27. The Bertz CT molecular complexity index is 429. The molecule has 1 fully saturated rings. The zero-order chi connectivity index (χ0) is 13.3. The molecule has 0 aliphatic heterocycles. The molecule has 0 aromatic heterocycles. The number of nitrogens with one attached hydrogen (secondary N) is 1. The van der Waals surface area contributed by atoms with Crippen molar-refractivity contribution in [3.63, 3.8) is 0 Å². The molecule has 100 valence electrons. The summed E-state index contributed by atoms with van der Waals surface area (Å²) in [7, 11) is 1.89. The molecular formula is C15H21F2N.